The van der Waals surface area contributed by atoms with E-state index in [0.29, 0.717) is 6.54 Å². The quantitative estimate of drug-likeness (QED) is 0.718. The molecule has 0 aliphatic heterocycles. The summed E-state index contributed by atoms with van der Waals surface area (Å²) in [7, 11) is 0. The van der Waals surface area contributed by atoms with E-state index in [-0.39, 0.29) is 11.9 Å². The van der Waals surface area contributed by atoms with Crippen LogP contribution in [0.5, 0.6) is 0 Å². The summed E-state index contributed by atoms with van der Waals surface area (Å²) < 4.78 is 0. The highest BCUT2D eigenvalue weighted by Crippen LogP contribution is 2.19. The molecule has 0 aliphatic carbocycles. The van der Waals surface area contributed by atoms with Crippen LogP contribution < -0.4 is 10.6 Å². The molecule has 3 N–H and O–H groups in total. The maximum Gasteiger partial charge on any atom is 0.221 e. The molecular formula is C16H26N2O2. The largest absolute Gasteiger partial charge is 0.389 e. The van der Waals surface area contributed by atoms with Crippen LogP contribution in [0.15, 0.2) is 24.3 Å². The van der Waals surface area contributed by atoms with Crippen LogP contribution in [0.25, 0.3) is 0 Å². The number of carbonyl (C=O) groups is 1. The first-order chi connectivity index (χ1) is 9.40. The zero-order valence-electron chi connectivity index (χ0n) is 12.9. The Bertz CT molecular complexity index is 442. The number of benzene rings is 1. The van der Waals surface area contributed by atoms with E-state index >= 15 is 0 Å². The van der Waals surface area contributed by atoms with Gasteiger partial charge < -0.3 is 15.7 Å². The molecule has 0 fully saturated rings. The van der Waals surface area contributed by atoms with E-state index in [0.717, 1.165) is 24.1 Å². The zero-order valence-corrected chi connectivity index (χ0v) is 12.9. The molecule has 0 saturated carbocycles. The topological polar surface area (TPSA) is 61.4 Å². The zero-order chi connectivity index (χ0) is 15.2. The Labute approximate surface area is 121 Å². The first-order valence-electron chi connectivity index (χ1n) is 7.23. The normalized spacial score (nSPS) is 13.1. The Hall–Kier alpha value is -1.39. The third-order valence-corrected chi connectivity index (χ3v) is 3.76. The number of anilines is 1. The van der Waals surface area contributed by atoms with Gasteiger partial charge in [0.15, 0.2) is 0 Å². The molecule has 1 amide bonds. The average Bonchev–Trinajstić information content (AvgIpc) is 2.44. The molecule has 4 heteroatoms. The molecule has 0 saturated heterocycles. The van der Waals surface area contributed by atoms with E-state index in [1.54, 1.807) is 0 Å². The van der Waals surface area contributed by atoms with Crippen molar-refractivity contribution in [2.75, 3.05) is 11.9 Å². The van der Waals surface area contributed by atoms with Crippen molar-refractivity contribution >= 4 is 11.6 Å². The lowest BCUT2D eigenvalue weighted by Gasteiger charge is -2.28. The van der Waals surface area contributed by atoms with Gasteiger partial charge >= 0.3 is 0 Å². The van der Waals surface area contributed by atoms with Gasteiger partial charge in [-0.05, 0) is 37.5 Å². The Kier molecular flexibility index (Phi) is 6.17. The molecule has 20 heavy (non-hydrogen) atoms. The standard InChI is InChI=1S/C16H26N2O2/c1-5-16(20,6-2)11-17-12(3)14-8-7-9-15(10-14)18-13(4)19/h7-10,12,17,20H,5-6,11H2,1-4H3,(H,18,19). The number of rotatable bonds is 7. The van der Waals surface area contributed by atoms with E-state index in [2.05, 4.69) is 17.6 Å². The lowest BCUT2D eigenvalue weighted by molar-refractivity contribution is -0.114. The second-order valence-electron chi connectivity index (χ2n) is 5.34. The summed E-state index contributed by atoms with van der Waals surface area (Å²) in [5.41, 5.74) is 1.24. The van der Waals surface area contributed by atoms with Crippen molar-refractivity contribution in [3.05, 3.63) is 29.8 Å². The Morgan fingerprint density at radius 3 is 2.55 bits per heavy atom. The average molecular weight is 278 g/mol. The Balaban J connectivity index is 2.67. The van der Waals surface area contributed by atoms with E-state index < -0.39 is 5.60 Å². The van der Waals surface area contributed by atoms with Crippen molar-refractivity contribution in [1.29, 1.82) is 0 Å². The summed E-state index contributed by atoms with van der Waals surface area (Å²) in [5, 5.41) is 16.4. The van der Waals surface area contributed by atoms with E-state index in [1.165, 1.54) is 6.92 Å². The summed E-state index contributed by atoms with van der Waals surface area (Å²) in [6.07, 6.45) is 1.46. The summed E-state index contributed by atoms with van der Waals surface area (Å²) in [5.74, 6) is -0.0749. The van der Waals surface area contributed by atoms with Gasteiger partial charge in [0.2, 0.25) is 5.91 Å². The number of carbonyl (C=O) groups excluding carboxylic acids is 1. The maximum absolute atomic E-state index is 11.1. The fraction of sp³-hybridized carbons (Fsp3) is 0.562. The van der Waals surface area contributed by atoms with Crippen molar-refractivity contribution < 1.29 is 9.90 Å². The molecule has 1 aromatic carbocycles. The summed E-state index contributed by atoms with van der Waals surface area (Å²) >= 11 is 0. The molecule has 1 rings (SSSR count). The monoisotopic (exact) mass is 278 g/mol. The third kappa shape index (κ3) is 4.94. The third-order valence-electron chi connectivity index (χ3n) is 3.76. The number of hydrogen-bond donors (Lipinski definition) is 3. The van der Waals surface area contributed by atoms with Gasteiger partial charge in [0.1, 0.15) is 0 Å². The molecule has 0 heterocycles. The lowest BCUT2D eigenvalue weighted by atomic mass is 9.96. The van der Waals surface area contributed by atoms with Crippen molar-refractivity contribution in [3.63, 3.8) is 0 Å². The van der Waals surface area contributed by atoms with E-state index in [4.69, 9.17) is 0 Å². The minimum absolute atomic E-state index is 0.0749. The van der Waals surface area contributed by atoms with Crippen LogP contribution >= 0.6 is 0 Å². The van der Waals surface area contributed by atoms with Gasteiger partial charge in [-0.1, -0.05) is 26.0 Å². The fourth-order valence-electron chi connectivity index (χ4n) is 2.05. The predicted octanol–water partition coefficient (Wildman–Crippen LogP) is 2.85. The Morgan fingerprint density at radius 1 is 1.35 bits per heavy atom. The molecule has 112 valence electrons. The van der Waals surface area contributed by atoms with Gasteiger partial charge in [0.05, 0.1) is 5.60 Å². The Morgan fingerprint density at radius 2 is 2.00 bits per heavy atom. The molecule has 4 nitrogen and oxygen atoms in total. The van der Waals surface area contributed by atoms with Crippen LogP contribution in [0, 0.1) is 0 Å². The van der Waals surface area contributed by atoms with Crippen molar-refractivity contribution in [2.45, 2.75) is 52.2 Å². The summed E-state index contributed by atoms with van der Waals surface area (Å²) in [6, 6.07) is 7.88. The minimum atomic E-state index is -0.649. The summed E-state index contributed by atoms with van der Waals surface area (Å²) in [4.78, 5) is 11.1. The number of nitrogens with one attached hydrogen (secondary N) is 2. The van der Waals surface area contributed by atoms with Crippen LogP contribution in [-0.4, -0.2) is 23.2 Å². The number of hydrogen-bond acceptors (Lipinski definition) is 3. The second kappa shape index (κ2) is 7.41. The lowest BCUT2D eigenvalue weighted by Crippen LogP contribution is -2.40. The SMILES string of the molecule is CCC(O)(CC)CNC(C)c1cccc(NC(C)=O)c1. The van der Waals surface area contributed by atoms with Crippen LogP contribution in [0.4, 0.5) is 5.69 Å². The van der Waals surface area contributed by atoms with E-state index in [1.807, 2.05) is 38.1 Å². The molecule has 0 bridgehead atoms. The molecule has 0 spiro atoms. The van der Waals surface area contributed by atoms with Crippen molar-refractivity contribution in [3.8, 4) is 0 Å². The predicted molar refractivity (Wildman–Crippen MR) is 82.7 cm³/mol. The molecule has 1 aromatic rings. The molecule has 1 atom stereocenters. The van der Waals surface area contributed by atoms with Gasteiger partial charge in [0.25, 0.3) is 0 Å². The smallest absolute Gasteiger partial charge is 0.221 e. The van der Waals surface area contributed by atoms with Crippen LogP contribution in [0.3, 0.4) is 0 Å². The van der Waals surface area contributed by atoms with E-state index in [9.17, 15) is 9.90 Å². The summed E-state index contributed by atoms with van der Waals surface area (Å²) in [6.45, 7) is 8.10. The van der Waals surface area contributed by atoms with Gasteiger partial charge in [-0.2, -0.15) is 0 Å². The van der Waals surface area contributed by atoms with Crippen molar-refractivity contribution in [2.24, 2.45) is 0 Å². The maximum atomic E-state index is 11.1. The number of aliphatic hydroxyl groups is 1. The van der Waals surface area contributed by atoms with Gasteiger partial charge in [-0.3, -0.25) is 4.79 Å². The van der Waals surface area contributed by atoms with Crippen LogP contribution in [0.2, 0.25) is 0 Å². The van der Waals surface area contributed by atoms with Crippen LogP contribution in [0.1, 0.15) is 52.1 Å². The van der Waals surface area contributed by atoms with Gasteiger partial charge in [-0.15, -0.1) is 0 Å². The molecule has 0 radical (unpaired) electrons. The highest BCUT2D eigenvalue weighted by atomic mass is 16.3. The highest BCUT2D eigenvalue weighted by molar-refractivity contribution is 5.88. The van der Waals surface area contributed by atoms with Gasteiger partial charge in [-0.25, -0.2) is 0 Å². The second-order valence-corrected chi connectivity index (χ2v) is 5.34. The molecule has 0 aliphatic rings. The molecule has 0 aromatic heterocycles. The van der Waals surface area contributed by atoms with Gasteiger partial charge in [0, 0.05) is 25.2 Å². The first kappa shape index (κ1) is 16.7. The highest BCUT2D eigenvalue weighted by Gasteiger charge is 2.22. The number of amides is 1. The fourth-order valence-corrected chi connectivity index (χ4v) is 2.05. The first-order valence-corrected chi connectivity index (χ1v) is 7.23. The molecule has 1 unspecified atom stereocenters. The van der Waals surface area contributed by atoms with Crippen molar-refractivity contribution in [1.82, 2.24) is 5.32 Å². The molecular weight excluding hydrogens is 252 g/mol. The minimum Gasteiger partial charge on any atom is -0.389 e. The van der Waals surface area contributed by atoms with Crippen LogP contribution in [-0.2, 0) is 4.79 Å².